The first-order valence-electron chi connectivity index (χ1n) is 5.93. The van der Waals surface area contributed by atoms with Gasteiger partial charge in [0.05, 0.1) is 19.2 Å². The predicted molar refractivity (Wildman–Crippen MR) is 66.4 cm³/mol. The van der Waals surface area contributed by atoms with Gasteiger partial charge < -0.3 is 19.5 Å². The van der Waals surface area contributed by atoms with Gasteiger partial charge in [-0.05, 0) is 18.2 Å². The minimum atomic E-state index is -0.993. The molecule has 1 fully saturated rings. The van der Waals surface area contributed by atoms with Crippen LogP contribution in [-0.2, 0) is 4.74 Å². The quantitative estimate of drug-likeness (QED) is 0.898. The molecule has 1 amide bonds. The summed E-state index contributed by atoms with van der Waals surface area (Å²) in [5.74, 6) is -0.496. The van der Waals surface area contributed by atoms with Crippen LogP contribution in [0.5, 0.6) is 5.75 Å². The molecule has 1 heterocycles. The van der Waals surface area contributed by atoms with Crippen LogP contribution in [0, 0.1) is 0 Å². The van der Waals surface area contributed by atoms with Crippen LogP contribution in [0.3, 0.4) is 0 Å². The lowest BCUT2D eigenvalue weighted by Gasteiger charge is -2.16. The molecule has 1 N–H and O–H groups in total. The van der Waals surface area contributed by atoms with Crippen molar-refractivity contribution in [2.24, 2.45) is 0 Å². The van der Waals surface area contributed by atoms with Gasteiger partial charge in [-0.2, -0.15) is 0 Å². The molecule has 6 nitrogen and oxygen atoms in total. The lowest BCUT2D eigenvalue weighted by atomic mass is 10.2. The third-order valence-electron chi connectivity index (χ3n) is 2.96. The summed E-state index contributed by atoms with van der Waals surface area (Å²) >= 11 is 0. The van der Waals surface area contributed by atoms with Gasteiger partial charge in [0.25, 0.3) is 0 Å². The van der Waals surface area contributed by atoms with E-state index in [1.807, 2.05) is 0 Å². The summed E-state index contributed by atoms with van der Waals surface area (Å²) in [6.07, 6.45) is 0.195. The average Bonchev–Trinajstić information content (AvgIpc) is 2.86. The number of rotatable bonds is 3. The molecule has 1 saturated heterocycles. The Balaban J connectivity index is 1.97. The molecule has 6 heteroatoms. The van der Waals surface area contributed by atoms with E-state index in [1.54, 1.807) is 17.0 Å². The molecule has 2 rings (SSSR count). The van der Waals surface area contributed by atoms with E-state index in [0.717, 1.165) is 0 Å². The summed E-state index contributed by atoms with van der Waals surface area (Å²) in [5.41, 5.74) is 0.181. The maximum absolute atomic E-state index is 11.3. The summed E-state index contributed by atoms with van der Waals surface area (Å²) in [7, 11) is 1.34. The molecule has 1 aromatic rings. The molecule has 102 valence electrons. The van der Waals surface area contributed by atoms with Crippen LogP contribution in [0.4, 0.5) is 4.79 Å². The third-order valence-corrected chi connectivity index (χ3v) is 2.96. The van der Waals surface area contributed by atoms with E-state index < -0.39 is 5.97 Å². The minimum Gasteiger partial charge on any atom is -0.488 e. The van der Waals surface area contributed by atoms with E-state index in [-0.39, 0.29) is 17.8 Å². The SMILES string of the molecule is COC(=O)N1CCC(Oc2cccc(C(=O)O)c2)C1. The highest BCUT2D eigenvalue weighted by molar-refractivity contribution is 5.88. The van der Waals surface area contributed by atoms with E-state index in [9.17, 15) is 9.59 Å². The summed E-state index contributed by atoms with van der Waals surface area (Å²) in [6, 6.07) is 6.31. The number of carboxylic acid groups (broad SMARTS) is 1. The largest absolute Gasteiger partial charge is 0.488 e. The van der Waals surface area contributed by atoms with Crippen LogP contribution in [0.25, 0.3) is 0 Å². The van der Waals surface area contributed by atoms with Crippen molar-refractivity contribution in [2.75, 3.05) is 20.2 Å². The maximum atomic E-state index is 11.3. The number of hydrogen-bond donors (Lipinski definition) is 1. The molecule has 0 radical (unpaired) electrons. The number of carbonyl (C=O) groups is 2. The molecule has 0 aromatic heterocycles. The Morgan fingerprint density at radius 2 is 2.21 bits per heavy atom. The highest BCUT2D eigenvalue weighted by Gasteiger charge is 2.28. The number of nitrogens with zero attached hydrogens (tertiary/aromatic N) is 1. The van der Waals surface area contributed by atoms with Crippen molar-refractivity contribution in [3.63, 3.8) is 0 Å². The summed E-state index contributed by atoms with van der Waals surface area (Å²) in [6.45, 7) is 1.03. The fraction of sp³-hybridized carbons (Fsp3) is 0.385. The van der Waals surface area contributed by atoms with E-state index in [1.165, 1.54) is 19.2 Å². The van der Waals surface area contributed by atoms with Gasteiger partial charge in [-0.15, -0.1) is 0 Å². The Morgan fingerprint density at radius 3 is 2.89 bits per heavy atom. The number of methoxy groups -OCH3 is 1. The number of benzene rings is 1. The predicted octanol–water partition coefficient (Wildman–Crippen LogP) is 1.60. The summed E-state index contributed by atoms with van der Waals surface area (Å²) in [5, 5.41) is 8.89. The molecule has 1 atom stereocenters. The van der Waals surface area contributed by atoms with Gasteiger partial charge in [0.2, 0.25) is 0 Å². The first-order valence-corrected chi connectivity index (χ1v) is 5.93. The molecule has 0 bridgehead atoms. The Hall–Kier alpha value is -2.24. The van der Waals surface area contributed by atoms with Crippen molar-refractivity contribution in [2.45, 2.75) is 12.5 Å². The minimum absolute atomic E-state index is 0.136. The maximum Gasteiger partial charge on any atom is 0.409 e. The fourth-order valence-corrected chi connectivity index (χ4v) is 2.01. The van der Waals surface area contributed by atoms with Gasteiger partial charge in [-0.1, -0.05) is 6.07 Å². The average molecular weight is 265 g/mol. The molecule has 1 aliphatic heterocycles. The number of carbonyl (C=O) groups excluding carboxylic acids is 1. The van der Waals surface area contributed by atoms with Crippen LogP contribution in [0.2, 0.25) is 0 Å². The van der Waals surface area contributed by atoms with Gasteiger partial charge in [-0.3, -0.25) is 0 Å². The first kappa shape index (κ1) is 13.2. The Bertz CT molecular complexity index is 488. The van der Waals surface area contributed by atoms with Crippen molar-refractivity contribution in [1.82, 2.24) is 4.90 Å². The van der Waals surface area contributed by atoms with Crippen LogP contribution < -0.4 is 4.74 Å². The zero-order chi connectivity index (χ0) is 13.8. The zero-order valence-corrected chi connectivity index (χ0v) is 10.5. The van der Waals surface area contributed by atoms with Crippen molar-refractivity contribution >= 4 is 12.1 Å². The number of hydrogen-bond acceptors (Lipinski definition) is 4. The van der Waals surface area contributed by atoms with E-state index in [0.29, 0.717) is 25.3 Å². The number of aromatic carboxylic acids is 1. The first-order chi connectivity index (χ1) is 9.10. The molecule has 19 heavy (non-hydrogen) atoms. The number of ether oxygens (including phenoxy) is 2. The van der Waals surface area contributed by atoms with Crippen molar-refractivity contribution in [1.29, 1.82) is 0 Å². The normalized spacial score (nSPS) is 18.2. The fourth-order valence-electron chi connectivity index (χ4n) is 2.01. The molecule has 1 aromatic carbocycles. The Morgan fingerprint density at radius 1 is 1.42 bits per heavy atom. The van der Waals surface area contributed by atoms with Crippen LogP contribution in [-0.4, -0.2) is 48.4 Å². The van der Waals surface area contributed by atoms with Crippen LogP contribution in [0.15, 0.2) is 24.3 Å². The second kappa shape index (κ2) is 5.60. The third kappa shape index (κ3) is 3.15. The van der Waals surface area contributed by atoms with Crippen molar-refractivity contribution < 1.29 is 24.2 Å². The van der Waals surface area contributed by atoms with Crippen LogP contribution >= 0.6 is 0 Å². The second-order valence-electron chi connectivity index (χ2n) is 4.28. The van der Waals surface area contributed by atoms with E-state index in [2.05, 4.69) is 4.74 Å². The topological polar surface area (TPSA) is 76.1 Å². The molecule has 1 aliphatic rings. The second-order valence-corrected chi connectivity index (χ2v) is 4.28. The molecule has 0 aliphatic carbocycles. The number of carboxylic acids is 1. The standard InChI is InChI=1S/C13H15NO5/c1-18-13(17)14-6-5-11(8-14)19-10-4-2-3-9(7-10)12(15)16/h2-4,7,11H,5-6,8H2,1H3,(H,15,16). The smallest absolute Gasteiger partial charge is 0.409 e. The van der Waals surface area contributed by atoms with Gasteiger partial charge >= 0.3 is 12.1 Å². The molecule has 0 spiro atoms. The monoisotopic (exact) mass is 265 g/mol. The van der Waals surface area contributed by atoms with Crippen LogP contribution in [0.1, 0.15) is 16.8 Å². The number of likely N-dealkylation sites (tertiary alicyclic amines) is 1. The Labute approximate surface area is 110 Å². The van der Waals surface area contributed by atoms with E-state index in [4.69, 9.17) is 9.84 Å². The zero-order valence-electron chi connectivity index (χ0n) is 10.5. The van der Waals surface area contributed by atoms with Crippen molar-refractivity contribution in [3.8, 4) is 5.75 Å². The van der Waals surface area contributed by atoms with E-state index >= 15 is 0 Å². The molecule has 0 saturated carbocycles. The van der Waals surface area contributed by atoms with Crippen molar-refractivity contribution in [3.05, 3.63) is 29.8 Å². The van der Waals surface area contributed by atoms with Gasteiger partial charge in [0.15, 0.2) is 0 Å². The highest BCUT2D eigenvalue weighted by atomic mass is 16.5. The summed E-state index contributed by atoms with van der Waals surface area (Å²) in [4.78, 5) is 23.7. The lowest BCUT2D eigenvalue weighted by Crippen LogP contribution is -2.30. The van der Waals surface area contributed by atoms with Gasteiger partial charge in [0.1, 0.15) is 11.9 Å². The summed E-state index contributed by atoms with van der Waals surface area (Å²) < 4.78 is 10.3. The van der Waals surface area contributed by atoms with Gasteiger partial charge in [0, 0.05) is 13.0 Å². The molecule has 1 unspecified atom stereocenters. The lowest BCUT2D eigenvalue weighted by molar-refractivity contribution is 0.0696. The number of amides is 1. The van der Waals surface area contributed by atoms with Gasteiger partial charge in [-0.25, -0.2) is 9.59 Å². The molecular formula is C13H15NO5. The Kier molecular flexibility index (Phi) is 3.89. The molecular weight excluding hydrogens is 250 g/mol. The highest BCUT2D eigenvalue weighted by Crippen LogP contribution is 2.20.